The van der Waals surface area contributed by atoms with E-state index in [1.165, 1.54) is 6.07 Å². The molecule has 0 spiro atoms. The highest BCUT2D eigenvalue weighted by molar-refractivity contribution is 7.89. The number of sulfonamides is 1. The number of benzene rings is 2. The molecule has 3 rings (SSSR count). The molecule has 0 aromatic heterocycles. The van der Waals surface area contributed by atoms with Crippen LogP contribution in [0.15, 0.2) is 47.4 Å². The molecule has 1 aliphatic rings. The standard InChI is InChI=1S/C20H25FN2O2S/c1-4-13-5-8-15(21)11-18(13)23-12-17-19(20(17,2)3)14-6-9-16(10-7-14)26(22,24)25/h5-11,17,19,23H,4,12H2,1-3H3,(H2,22,24,25). The predicted octanol–water partition coefficient (Wildman–Crippen LogP) is 3.89. The van der Waals surface area contributed by atoms with E-state index in [1.807, 2.05) is 18.2 Å². The van der Waals surface area contributed by atoms with E-state index < -0.39 is 10.0 Å². The van der Waals surface area contributed by atoms with Crippen LogP contribution in [0.2, 0.25) is 0 Å². The number of primary sulfonamides is 1. The summed E-state index contributed by atoms with van der Waals surface area (Å²) >= 11 is 0. The highest BCUT2D eigenvalue weighted by Crippen LogP contribution is 2.64. The van der Waals surface area contributed by atoms with E-state index in [4.69, 9.17) is 5.14 Å². The average Bonchev–Trinajstić information content (AvgIpc) is 3.13. The lowest BCUT2D eigenvalue weighted by Crippen LogP contribution is -2.12. The number of nitrogens with two attached hydrogens (primary N) is 1. The fourth-order valence-electron chi connectivity index (χ4n) is 3.89. The van der Waals surface area contributed by atoms with Gasteiger partial charge in [0.15, 0.2) is 0 Å². The van der Waals surface area contributed by atoms with Crippen LogP contribution >= 0.6 is 0 Å². The molecule has 0 saturated heterocycles. The van der Waals surface area contributed by atoms with Crippen molar-refractivity contribution < 1.29 is 12.8 Å². The largest absolute Gasteiger partial charge is 0.384 e. The van der Waals surface area contributed by atoms with Gasteiger partial charge in [-0.2, -0.15) is 0 Å². The van der Waals surface area contributed by atoms with E-state index in [2.05, 4.69) is 26.1 Å². The normalized spacial score (nSPS) is 21.4. The molecule has 4 nitrogen and oxygen atoms in total. The Hall–Kier alpha value is -1.92. The second-order valence-electron chi connectivity index (χ2n) is 7.56. The molecule has 1 saturated carbocycles. The third kappa shape index (κ3) is 3.62. The van der Waals surface area contributed by atoms with Crippen LogP contribution in [-0.2, 0) is 16.4 Å². The van der Waals surface area contributed by atoms with Crippen molar-refractivity contribution in [3.63, 3.8) is 0 Å². The Morgan fingerprint density at radius 3 is 2.38 bits per heavy atom. The molecule has 6 heteroatoms. The van der Waals surface area contributed by atoms with E-state index in [9.17, 15) is 12.8 Å². The minimum atomic E-state index is -3.67. The molecule has 2 aromatic carbocycles. The second-order valence-corrected chi connectivity index (χ2v) is 9.12. The third-order valence-corrected chi connectivity index (χ3v) is 6.51. The predicted molar refractivity (Wildman–Crippen MR) is 102 cm³/mol. The molecule has 26 heavy (non-hydrogen) atoms. The maximum Gasteiger partial charge on any atom is 0.238 e. The molecule has 1 fully saturated rings. The van der Waals surface area contributed by atoms with Gasteiger partial charge in [-0.1, -0.05) is 39.0 Å². The topological polar surface area (TPSA) is 72.2 Å². The molecule has 0 bridgehead atoms. The van der Waals surface area contributed by atoms with Crippen molar-refractivity contribution in [1.82, 2.24) is 0 Å². The first kappa shape index (κ1) is 18.9. The number of hydrogen-bond donors (Lipinski definition) is 2. The fraction of sp³-hybridized carbons (Fsp3) is 0.400. The lowest BCUT2D eigenvalue weighted by molar-refractivity contribution is 0.565. The van der Waals surface area contributed by atoms with Crippen molar-refractivity contribution >= 4 is 15.7 Å². The van der Waals surface area contributed by atoms with Crippen LogP contribution in [-0.4, -0.2) is 15.0 Å². The summed E-state index contributed by atoms with van der Waals surface area (Å²) in [6, 6.07) is 11.7. The first-order chi connectivity index (χ1) is 12.1. The summed E-state index contributed by atoms with van der Waals surface area (Å²) in [4.78, 5) is 0.127. The van der Waals surface area contributed by atoms with Crippen molar-refractivity contribution in [2.45, 2.75) is 38.0 Å². The van der Waals surface area contributed by atoms with Gasteiger partial charge in [0.25, 0.3) is 0 Å². The highest BCUT2D eigenvalue weighted by Gasteiger charge is 2.57. The van der Waals surface area contributed by atoms with Crippen molar-refractivity contribution in [3.8, 4) is 0 Å². The van der Waals surface area contributed by atoms with Crippen molar-refractivity contribution in [2.24, 2.45) is 16.5 Å². The number of nitrogens with one attached hydrogen (secondary N) is 1. The van der Waals surface area contributed by atoms with Crippen LogP contribution in [0.5, 0.6) is 0 Å². The summed E-state index contributed by atoms with van der Waals surface area (Å²) in [6.45, 7) is 7.19. The molecular formula is C20H25FN2O2S. The van der Waals surface area contributed by atoms with Crippen molar-refractivity contribution in [3.05, 3.63) is 59.4 Å². The van der Waals surface area contributed by atoms with E-state index in [0.29, 0.717) is 11.8 Å². The minimum absolute atomic E-state index is 0.0931. The molecule has 2 atom stereocenters. The van der Waals surface area contributed by atoms with E-state index in [1.54, 1.807) is 18.2 Å². The Bertz CT molecular complexity index is 908. The molecular weight excluding hydrogens is 351 g/mol. The van der Waals surface area contributed by atoms with E-state index in [0.717, 1.165) is 29.8 Å². The Kier molecular flexibility index (Phi) is 4.84. The smallest absolute Gasteiger partial charge is 0.238 e. The van der Waals surface area contributed by atoms with Crippen LogP contribution in [0.25, 0.3) is 0 Å². The number of rotatable bonds is 6. The Morgan fingerprint density at radius 2 is 1.81 bits per heavy atom. The van der Waals surface area contributed by atoms with Crippen LogP contribution in [0.1, 0.15) is 37.8 Å². The van der Waals surface area contributed by atoms with Crippen LogP contribution in [0.4, 0.5) is 10.1 Å². The van der Waals surface area contributed by atoms with Gasteiger partial charge >= 0.3 is 0 Å². The zero-order valence-electron chi connectivity index (χ0n) is 15.3. The van der Waals surface area contributed by atoms with Crippen molar-refractivity contribution in [1.29, 1.82) is 0 Å². The first-order valence-electron chi connectivity index (χ1n) is 8.79. The number of aryl methyl sites for hydroxylation is 1. The number of hydrogen-bond acceptors (Lipinski definition) is 3. The molecule has 3 N–H and O–H groups in total. The second kappa shape index (κ2) is 6.67. The van der Waals surface area contributed by atoms with Crippen LogP contribution in [0, 0.1) is 17.2 Å². The van der Waals surface area contributed by atoms with Gasteiger partial charge in [0.1, 0.15) is 5.82 Å². The lowest BCUT2D eigenvalue weighted by Gasteiger charge is -2.12. The molecule has 140 valence electrons. The molecule has 0 heterocycles. The number of halogens is 1. The third-order valence-electron chi connectivity index (χ3n) is 5.58. The van der Waals surface area contributed by atoms with Gasteiger partial charge in [-0.25, -0.2) is 17.9 Å². The summed E-state index contributed by atoms with van der Waals surface area (Å²) in [5.74, 6) is 0.467. The summed E-state index contributed by atoms with van der Waals surface area (Å²) in [5.41, 5.74) is 3.14. The Labute approximate surface area is 154 Å². The SMILES string of the molecule is CCc1ccc(F)cc1NCC1C(c2ccc(S(N)(=O)=O)cc2)C1(C)C. The van der Waals surface area contributed by atoms with Gasteiger partial charge in [0.05, 0.1) is 4.90 Å². The van der Waals surface area contributed by atoms with Gasteiger partial charge in [-0.15, -0.1) is 0 Å². The van der Waals surface area contributed by atoms with Crippen molar-refractivity contribution in [2.75, 3.05) is 11.9 Å². The summed E-state index contributed by atoms with van der Waals surface area (Å²) in [7, 11) is -3.67. The first-order valence-corrected chi connectivity index (χ1v) is 10.3. The molecule has 2 unspecified atom stereocenters. The van der Waals surface area contributed by atoms with Gasteiger partial charge < -0.3 is 5.32 Å². The minimum Gasteiger partial charge on any atom is -0.384 e. The zero-order chi connectivity index (χ0) is 19.1. The summed E-state index contributed by atoms with van der Waals surface area (Å²) in [6.07, 6.45) is 0.842. The summed E-state index contributed by atoms with van der Waals surface area (Å²) < 4.78 is 36.4. The fourth-order valence-corrected chi connectivity index (χ4v) is 4.41. The molecule has 0 amide bonds. The Balaban J connectivity index is 1.73. The molecule has 2 aromatic rings. The monoisotopic (exact) mass is 376 g/mol. The zero-order valence-corrected chi connectivity index (χ0v) is 16.1. The van der Waals surface area contributed by atoms with Gasteiger partial charge in [-0.3, -0.25) is 0 Å². The lowest BCUT2D eigenvalue weighted by atomic mass is 10.0. The maximum absolute atomic E-state index is 13.6. The average molecular weight is 376 g/mol. The number of anilines is 1. The van der Waals surface area contributed by atoms with E-state index >= 15 is 0 Å². The van der Waals surface area contributed by atoms with Crippen LogP contribution in [0.3, 0.4) is 0 Å². The van der Waals surface area contributed by atoms with E-state index in [-0.39, 0.29) is 16.1 Å². The van der Waals surface area contributed by atoms with Gasteiger partial charge in [-0.05, 0) is 59.1 Å². The van der Waals surface area contributed by atoms with Gasteiger partial charge in [0.2, 0.25) is 10.0 Å². The Morgan fingerprint density at radius 1 is 1.15 bits per heavy atom. The van der Waals surface area contributed by atoms with Gasteiger partial charge in [0, 0.05) is 12.2 Å². The maximum atomic E-state index is 13.6. The molecule has 1 aliphatic carbocycles. The van der Waals surface area contributed by atoms with Crippen LogP contribution < -0.4 is 10.5 Å². The quantitative estimate of drug-likeness (QED) is 0.803. The molecule has 0 aliphatic heterocycles. The summed E-state index contributed by atoms with van der Waals surface area (Å²) in [5, 5.41) is 8.56. The highest BCUT2D eigenvalue weighted by atomic mass is 32.2. The molecule has 0 radical (unpaired) electrons.